The van der Waals surface area contributed by atoms with Crippen molar-refractivity contribution in [2.24, 2.45) is 5.92 Å². The quantitative estimate of drug-likeness (QED) is 0.566. The molecule has 1 saturated carbocycles. The number of nitrogens with zero attached hydrogens (tertiary/aromatic N) is 1. The molecule has 0 bridgehead atoms. The lowest BCUT2D eigenvalue weighted by molar-refractivity contribution is 0.0138. The molecule has 2 aliphatic rings. The molecule has 2 N–H and O–H groups in total. The van der Waals surface area contributed by atoms with E-state index < -0.39 is 0 Å². The number of rotatable bonds is 11. The zero-order valence-electron chi connectivity index (χ0n) is 13.0. The SMILES string of the molecule is CCCCOCC(O)CN(CC1CC1)CC1CCCN1. The summed E-state index contributed by atoms with van der Waals surface area (Å²) in [5.41, 5.74) is 0. The van der Waals surface area contributed by atoms with Crippen LogP contribution < -0.4 is 5.32 Å². The van der Waals surface area contributed by atoms with Gasteiger partial charge in [0.25, 0.3) is 0 Å². The molecule has 0 radical (unpaired) electrons. The molecular weight excluding hydrogens is 252 g/mol. The van der Waals surface area contributed by atoms with Crippen molar-refractivity contribution in [2.45, 2.75) is 57.6 Å². The van der Waals surface area contributed by atoms with Gasteiger partial charge in [-0.15, -0.1) is 0 Å². The van der Waals surface area contributed by atoms with E-state index in [2.05, 4.69) is 17.1 Å². The van der Waals surface area contributed by atoms with Crippen molar-refractivity contribution in [3.8, 4) is 0 Å². The van der Waals surface area contributed by atoms with E-state index in [1.807, 2.05) is 0 Å². The van der Waals surface area contributed by atoms with Crippen molar-refractivity contribution >= 4 is 0 Å². The van der Waals surface area contributed by atoms with Gasteiger partial charge < -0.3 is 15.2 Å². The van der Waals surface area contributed by atoms with Gasteiger partial charge in [0.05, 0.1) is 12.7 Å². The normalized spacial score (nSPS) is 24.4. The second-order valence-electron chi connectivity index (χ2n) is 6.54. The minimum atomic E-state index is -0.341. The maximum Gasteiger partial charge on any atom is 0.0900 e. The average molecular weight is 284 g/mol. The summed E-state index contributed by atoms with van der Waals surface area (Å²) in [5.74, 6) is 0.879. The topological polar surface area (TPSA) is 44.7 Å². The monoisotopic (exact) mass is 284 g/mol. The smallest absolute Gasteiger partial charge is 0.0900 e. The summed E-state index contributed by atoms with van der Waals surface area (Å²) in [5, 5.41) is 13.7. The molecule has 0 spiro atoms. The van der Waals surface area contributed by atoms with Crippen LogP contribution in [0.1, 0.15) is 45.4 Å². The minimum Gasteiger partial charge on any atom is -0.389 e. The largest absolute Gasteiger partial charge is 0.389 e. The highest BCUT2D eigenvalue weighted by molar-refractivity contribution is 4.83. The van der Waals surface area contributed by atoms with Gasteiger partial charge in [0.1, 0.15) is 0 Å². The van der Waals surface area contributed by atoms with Gasteiger partial charge in [0, 0.05) is 32.3 Å². The van der Waals surface area contributed by atoms with E-state index in [9.17, 15) is 5.11 Å². The number of aliphatic hydroxyl groups excluding tert-OH is 1. The molecule has 1 heterocycles. The minimum absolute atomic E-state index is 0.341. The highest BCUT2D eigenvalue weighted by Crippen LogP contribution is 2.30. The summed E-state index contributed by atoms with van der Waals surface area (Å²) in [6.07, 6.45) is 7.22. The first-order valence-electron chi connectivity index (χ1n) is 8.49. The number of ether oxygens (including phenoxy) is 1. The molecule has 2 atom stereocenters. The van der Waals surface area contributed by atoms with Crippen LogP contribution in [0.3, 0.4) is 0 Å². The van der Waals surface area contributed by atoms with E-state index >= 15 is 0 Å². The van der Waals surface area contributed by atoms with Gasteiger partial charge in [0.15, 0.2) is 0 Å². The number of hydrogen-bond acceptors (Lipinski definition) is 4. The van der Waals surface area contributed by atoms with Crippen LogP contribution in [0.15, 0.2) is 0 Å². The Labute approximate surface area is 123 Å². The van der Waals surface area contributed by atoms with Crippen molar-refractivity contribution < 1.29 is 9.84 Å². The molecule has 1 saturated heterocycles. The Hall–Kier alpha value is -0.160. The third-order valence-corrected chi connectivity index (χ3v) is 4.28. The molecule has 1 aliphatic heterocycles. The molecular formula is C16H32N2O2. The summed E-state index contributed by atoms with van der Waals surface area (Å²) in [4.78, 5) is 2.45. The van der Waals surface area contributed by atoms with Crippen molar-refractivity contribution in [1.29, 1.82) is 0 Å². The van der Waals surface area contributed by atoms with E-state index in [4.69, 9.17) is 4.74 Å². The third kappa shape index (κ3) is 6.53. The number of hydrogen-bond donors (Lipinski definition) is 2. The van der Waals surface area contributed by atoms with Crippen molar-refractivity contribution in [1.82, 2.24) is 10.2 Å². The predicted molar refractivity (Wildman–Crippen MR) is 81.9 cm³/mol. The molecule has 118 valence electrons. The van der Waals surface area contributed by atoms with Gasteiger partial charge in [-0.05, 0) is 44.6 Å². The molecule has 0 amide bonds. The summed E-state index contributed by atoms with van der Waals surface area (Å²) in [7, 11) is 0. The summed E-state index contributed by atoms with van der Waals surface area (Å²) >= 11 is 0. The number of unbranched alkanes of at least 4 members (excludes halogenated alkanes) is 1. The second-order valence-corrected chi connectivity index (χ2v) is 6.54. The molecule has 2 fully saturated rings. The molecule has 2 rings (SSSR count). The molecule has 0 aromatic heterocycles. The molecule has 2 unspecified atom stereocenters. The van der Waals surface area contributed by atoms with E-state index in [-0.39, 0.29) is 6.10 Å². The van der Waals surface area contributed by atoms with Crippen molar-refractivity contribution in [3.05, 3.63) is 0 Å². The molecule has 20 heavy (non-hydrogen) atoms. The van der Waals surface area contributed by atoms with Crippen LogP contribution in [-0.2, 0) is 4.74 Å². The maximum atomic E-state index is 10.1. The van der Waals surface area contributed by atoms with E-state index in [1.54, 1.807) is 0 Å². The molecule has 4 heteroatoms. The highest BCUT2D eigenvalue weighted by atomic mass is 16.5. The Kier molecular flexibility index (Phi) is 7.28. The lowest BCUT2D eigenvalue weighted by Gasteiger charge is -2.27. The lowest BCUT2D eigenvalue weighted by Crippen LogP contribution is -2.43. The standard InChI is InChI=1S/C16H32N2O2/c1-2-3-9-20-13-16(19)12-18(10-14-6-7-14)11-15-5-4-8-17-15/h14-17,19H,2-13H2,1H3. The Bertz CT molecular complexity index is 253. The van der Waals surface area contributed by atoms with Gasteiger partial charge in [-0.1, -0.05) is 13.3 Å². The third-order valence-electron chi connectivity index (χ3n) is 4.28. The van der Waals surface area contributed by atoms with Crippen molar-refractivity contribution in [2.75, 3.05) is 39.4 Å². The van der Waals surface area contributed by atoms with Gasteiger partial charge in [-0.2, -0.15) is 0 Å². The Morgan fingerprint density at radius 1 is 1.30 bits per heavy atom. The molecule has 4 nitrogen and oxygen atoms in total. The van der Waals surface area contributed by atoms with Crippen molar-refractivity contribution in [3.63, 3.8) is 0 Å². The fourth-order valence-corrected chi connectivity index (χ4v) is 2.93. The Morgan fingerprint density at radius 3 is 2.80 bits per heavy atom. The fraction of sp³-hybridized carbons (Fsp3) is 1.00. The first-order valence-corrected chi connectivity index (χ1v) is 8.49. The first kappa shape index (κ1) is 16.2. The lowest BCUT2D eigenvalue weighted by atomic mass is 10.2. The van der Waals surface area contributed by atoms with Crippen LogP contribution in [0.4, 0.5) is 0 Å². The second kappa shape index (κ2) is 8.98. The Morgan fingerprint density at radius 2 is 2.15 bits per heavy atom. The van der Waals surface area contributed by atoms with Crippen LogP contribution in [-0.4, -0.2) is 61.5 Å². The van der Waals surface area contributed by atoms with Crippen LogP contribution in [0, 0.1) is 5.92 Å². The van der Waals surface area contributed by atoms with Gasteiger partial charge in [0.2, 0.25) is 0 Å². The van der Waals surface area contributed by atoms with E-state index in [0.717, 1.165) is 51.5 Å². The average Bonchev–Trinajstić information content (AvgIpc) is 3.08. The Balaban J connectivity index is 1.65. The maximum absolute atomic E-state index is 10.1. The summed E-state index contributed by atoms with van der Waals surface area (Å²) < 4.78 is 5.54. The van der Waals surface area contributed by atoms with Crippen LogP contribution >= 0.6 is 0 Å². The van der Waals surface area contributed by atoms with E-state index in [0.29, 0.717) is 12.6 Å². The number of nitrogens with one attached hydrogen (secondary N) is 1. The van der Waals surface area contributed by atoms with Crippen LogP contribution in [0.2, 0.25) is 0 Å². The predicted octanol–water partition coefficient (Wildman–Crippen LogP) is 1.63. The van der Waals surface area contributed by atoms with Gasteiger partial charge in [-0.25, -0.2) is 0 Å². The highest BCUT2D eigenvalue weighted by Gasteiger charge is 2.27. The molecule has 0 aromatic carbocycles. The first-order chi connectivity index (χ1) is 9.78. The van der Waals surface area contributed by atoms with E-state index in [1.165, 1.54) is 25.7 Å². The molecule has 0 aromatic rings. The van der Waals surface area contributed by atoms with Crippen LogP contribution in [0.25, 0.3) is 0 Å². The summed E-state index contributed by atoms with van der Waals surface area (Å²) in [6, 6.07) is 0.627. The van der Waals surface area contributed by atoms with Gasteiger partial charge in [-0.3, -0.25) is 4.90 Å². The molecule has 1 aliphatic carbocycles. The zero-order chi connectivity index (χ0) is 14.2. The van der Waals surface area contributed by atoms with Crippen LogP contribution in [0.5, 0.6) is 0 Å². The summed E-state index contributed by atoms with van der Waals surface area (Å²) in [6.45, 7) is 7.59. The zero-order valence-corrected chi connectivity index (χ0v) is 13.0. The fourth-order valence-electron chi connectivity index (χ4n) is 2.93. The number of aliphatic hydroxyl groups is 1. The van der Waals surface area contributed by atoms with Gasteiger partial charge >= 0.3 is 0 Å².